The van der Waals surface area contributed by atoms with Gasteiger partial charge in [0.2, 0.25) is 6.29 Å². The number of nitrogens with zero attached hydrogens (tertiary/aromatic N) is 1. The average Bonchev–Trinajstić information content (AvgIpc) is 2.14. The van der Waals surface area contributed by atoms with Gasteiger partial charge in [-0.1, -0.05) is 0 Å². The minimum Gasteiger partial charge on any atom is -0.382 e. The van der Waals surface area contributed by atoms with E-state index in [9.17, 15) is 4.79 Å². The van der Waals surface area contributed by atoms with Crippen LogP contribution in [0.4, 0.5) is 5.82 Å². The maximum Gasteiger partial charge on any atom is 0.239 e. The lowest BCUT2D eigenvalue weighted by Gasteiger charge is -1.76. The summed E-state index contributed by atoms with van der Waals surface area (Å²) in [6, 6.07) is 0. The van der Waals surface area contributed by atoms with Crippen molar-refractivity contribution in [3.63, 3.8) is 0 Å². The van der Waals surface area contributed by atoms with Crippen LogP contribution in [-0.2, 0) is 4.79 Å². The van der Waals surface area contributed by atoms with Crippen molar-refractivity contribution in [2.75, 3.05) is 5.73 Å². The number of nitrogen functional groups attached to an aromatic ring is 1. The zero-order valence-corrected chi connectivity index (χ0v) is 4.01. The highest BCUT2D eigenvalue weighted by Gasteiger charge is 1.96. The van der Waals surface area contributed by atoms with Gasteiger partial charge in [0.1, 0.15) is 0 Å². The van der Waals surface area contributed by atoms with Crippen molar-refractivity contribution in [1.82, 2.24) is 10.2 Å². The number of anilines is 1. The van der Waals surface area contributed by atoms with Crippen molar-refractivity contribution in [3.05, 3.63) is 11.8 Å². The Morgan fingerprint density at radius 1 is 1.88 bits per heavy atom. The molecular weight excluding hydrogens is 106 g/mol. The first-order valence-corrected chi connectivity index (χ1v) is 2.02. The molecule has 0 atom stereocenters. The SMILES string of the molecule is Nc1n[nH]cc1[C]=O. The van der Waals surface area contributed by atoms with Gasteiger partial charge in [-0.05, 0) is 0 Å². The molecule has 0 aliphatic heterocycles. The molecule has 1 aromatic heterocycles. The van der Waals surface area contributed by atoms with Crippen LogP contribution in [0.15, 0.2) is 6.20 Å². The van der Waals surface area contributed by atoms with Crippen molar-refractivity contribution in [3.8, 4) is 0 Å². The molecule has 1 radical (unpaired) electrons. The average molecular weight is 110 g/mol. The van der Waals surface area contributed by atoms with Crippen LogP contribution in [0.1, 0.15) is 5.56 Å². The summed E-state index contributed by atoms with van der Waals surface area (Å²) < 4.78 is 0. The lowest BCUT2D eigenvalue weighted by Crippen LogP contribution is -1.88. The molecule has 0 saturated heterocycles. The molecule has 4 nitrogen and oxygen atoms in total. The van der Waals surface area contributed by atoms with Crippen molar-refractivity contribution >= 4 is 12.1 Å². The Morgan fingerprint density at radius 2 is 2.62 bits per heavy atom. The lowest BCUT2D eigenvalue weighted by atomic mass is 10.4. The Balaban J connectivity index is 3.09. The second kappa shape index (κ2) is 1.65. The summed E-state index contributed by atoms with van der Waals surface area (Å²) in [6.07, 6.45) is 3.00. The van der Waals surface area contributed by atoms with Crippen LogP contribution in [-0.4, -0.2) is 16.5 Å². The van der Waals surface area contributed by atoms with Crippen LogP contribution in [0.2, 0.25) is 0 Å². The van der Waals surface area contributed by atoms with Gasteiger partial charge in [-0.2, -0.15) is 5.10 Å². The molecule has 0 aliphatic rings. The Bertz CT molecular complexity index is 193. The highest BCUT2D eigenvalue weighted by atomic mass is 16.1. The summed E-state index contributed by atoms with van der Waals surface area (Å²) >= 11 is 0. The number of H-pyrrole nitrogens is 1. The third kappa shape index (κ3) is 0.556. The fourth-order valence-corrected chi connectivity index (χ4v) is 0.382. The van der Waals surface area contributed by atoms with Crippen LogP contribution in [0, 0.1) is 0 Å². The molecule has 0 saturated carbocycles. The number of nitrogens with two attached hydrogens (primary N) is 1. The molecule has 0 bridgehead atoms. The van der Waals surface area contributed by atoms with Crippen LogP contribution >= 0.6 is 0 Å². The van der Waals surface area contributed by atoms with E-state index in [1.54, 1.807) is 6.29 Å². The van der Waals surface area contributed by atoms with E-state index in [1.807, 2.05) is 0 Å². The number of hydrogen-bond acceptors (Lipinski definition) is 3. The van der Waals surface area contributed by atoms with Crippen molar-refractivity contribution in [1.29, 1.82) is 0 Å². The van der Waals surface area contributed by atoms with E-state index in [4.69, 9.17) is 5.73 Å². The van der Waals surface area contributed by atoms with Crippen molar-refractivity contribution in [2.24, 2.45) is 0 Å². The maximum atomic E-state index is 9.82. The van der Waals surface area contributed by atoms with Gasteiger partial charge in [0, 0.05) is 6.20 Å². The van der Waals surface area contributed by atoms with Gasteiger partial charge in [0.15, 0.2) is 5.82 Å². The minimum absolute atomic E-state index is 0.194. The molecule has 0 spiro atoms. The minimum atomic E-state index is 0.194. The molecule has 4 heteroatoms. The standard InChI is InChI=1S/C4H4N3O/c5-4-3(2-8)1-6-7-4/h1H,(H3,5,6,7). The second-order valence-corrected chi connectivity index (χ2v) is 1.29. The Morgan fingerprint density at radius 3 is 2.88 bits per heavy atom. The van der Waals surface area contributed by atoms with Gasteiger partial charge in [-0.25, -0.2) is 0 Å². The molecule has 0 aliphatic carbocycles. The van der Waals surface area contributed by atoms with Crippen molar-refractivity contribution in [2.45, 2.75) is 0 Å². The molecule has 0 fully saturated rings. The van der Waals surface area contributed by atoms with E-state index in [-0.39, 0.29) is 11.4 Å². The predicted molar refractivity (Wildman–Crippen MR) is 27.8 cm³/mol. The Kier molecular flexibility index (Phi) is 0.997. The van der Waals surface area contributed by atoms with E-state index < -0.39 is 0 Å². The van der Waals surface area contributed by atoms with E-state index in [2.05, 4.69) is 10.2 Å². The third-order valence-electron chi connectivity index (χ3n) is 0.780. The summed E-state index contributed by atoms with van der Waals surface area (Å²) in [5, 5.41) is 5.89. The topological polar surface area (TPSA) is 71.8 Å². The molecule has 41 valence electrons. The van der Waals surface area contributed by atoms with Gasteiger partial charge >= 0.3 is 0 Å². The zero-order valence-electron chi connectivity index (χ0n) is 4.01. The molecular formula is C4H4N3O. The van der Waals surface area contributed by atoms with Crippen LogP contribution in [0.5, 0.6) is 0 Å². The monoisotopic (exact) mass is 110 g/mol. The Labute approximate surface area is 45.7 Å². The van der Waals surface area contributed by atoms with E-state index >= 15 is 0 Å². The van der Waals surface area contributed by atoms with Gasteiger partial charge in [0.05, 0.1) is 5.56 Å². The molecule has 0 unspecified atom stereocenters. The van der Waals surface area contributed by atoms with Gasteiger partial charge < -0.3 is 5.73 Å². The first kappa shape index (κ1) is 4.83. The van der Waals surface area contributed by atoms with Crippen LogP contribution in [0.25, 0.3) is 0 Å². The first-order valence-electron chi connectivity index (χ1n) is 2.02. The zero-order chi connectivity index (χ0) is 5.98. The van der Waals surface area contributed by atoms with E-state index in [1.165, 1.54) is 6.20 Å². The summed E-state index contributed by atoms with van der Waals surface area (Å²) in [4.78, 5) is 9.82. The lowest BCUT2D eigenvalue weighted by molar-refractivity contribution is 0.563. The summed E-state index contributed by atoms with van der Waals surface area (Å²) in [5.41, 5.74) is 5.43. The Hall–Kier alpha value is -1.32. The molecule has 1 rings (SSSR count). The van der Waals surface area contributed by atoms with Crippen LogP contribution < -0.4 is 5.73 Å². The maximum absolute atomic E-state index is 9.82. The van der Waals surface area contributed by atoms with Crippen LogP contribution in [0.3, 0.4) is 0 Å². The number of nitrogens with one attached hydrogen (secondary N) is 1. The number of hydrogen-bond donors (Lipinski definition) is 2. The molecule has 8 heavy (non-hydrogen) atoms. The van der Waals surface area contributed by atoms with Gasteiger partial charge in [-0.3, -0.25) is 9.89 Å². The van der Waals surface area contributed by atoms with Gasteiger partial charge in [0.25, 0.3) is 0 Å². The smallest absolute Gasteiger partial charge is 0.239 e. The third-order valence-corrected chi connectivity index (χ3v) is 0.780. The molecule has 0 amide bonds. The summed E-state index contributed by atoms with van der Waals surface area (Å²) in [7, 11) is 0. The highest BCUT2D eigenvalue weighted by Crippen LogP contribution is 1.99. The number of rotatable bonds is 1. The highest BCUT2D eigenvalue weighted by molar-refractivity contribution is 5.81. The number of carbonyl (C=O) groups excluding carboxylic acids is 1. The largest absolute Gasteiger partial charge is 0.382 e. The fourth-order valence-electron chi connectivity index (χ4n) is 0.382. The second-order valence-electron chi connectivity index (χ2n) is 1.29. The molecule has 3 N–H and O–H groups in total. The number of aromatic nitrogens is 2. The molecule has 0 aromatic carbocycles. The summed E-state index contributed by atoms with van der Waals surface area (Å²) in [5.74, 6) is 0.194. The normalized spacial score (nSPS) is 9.00. The first-order chi connectivity index (χ1) is 3.84. The van der Waals surface area contributed by atoms with E-state index in [0.29, 0.717) is 0 Å². The molecule has 1 aromatic rings. The van der Waals surface area contributed by atoms with Crippen molar-refractivity contribution < 1.29 is 4.79 Å². The fraction of sp³-hybridized carbons (Fsp3) is 0. The van der Waals surface area contributed by atoms with E-state index in [0.717, 1.165) is 0 Å². The predicted octanol–water partition coefficient (Wildman–Crippen LogP) is -0.550. The molecule has 1 heterocycles. The van der Waals surface area contributed by atoms with Gasteiger partial charge in [-0.15, -0.1) is 0 Å². The number of aromatic amines is 1. The quantitative estimate of drug-likeness (QED) is 0.509. The summed E-state index contributed by atoms with van der Waals surface area (Å²) in [6.45, 7) is 0.